The van der Waals surface area contributed by atoms with Crippen LogP contribution in [-0.2, 0) is 16.6 Å². The monoisotopic (exact) mass is 462 g/mol. The fourth-order valence-electron chi connectivity index (χ4n) is 3.48. The van der Waals surface area contributed by atoms with Crippen molar-refractivity contribution in [2.75, 3.05) is 7.11 Å². The molecule has 4 rings (SSSR count). The van der Waals surface area contributed by atoms with Gasteiger partial charge in [-0.25, -0.2) is 13.1 Å². The van der Waals surface area contributed by atoms with Crippen LogP contribution in [0.15, 0.2) is 53.1 Å². The van der Waals surface area contributed by atoms with Gasteiger partial charge in [0.05, 0.1) is 12.4 Å². The van der Waals surface area contributed by atoms with E-state index in [0.717, 1.165) is 45.1 Å². The van der Waals surface area contributed by atoms with Gasteiger partial charge in [0.15, 0.2) is 0 Å². The van der Waals surface area contributed by atoms with Crippen LogP contribution in [0.25, 0.3) is 10.9 Å². The Hall–Kier alpha value is -1.83. The summed E-state index contributed by atoms with van der Waals surface area (Å²) in [7, 11) is -1.60. The number of ether oxygens (including phenoxy) is 1. The number of nitrogens with zero attached hydrogens (tertiary/aromatic N) is 1. The second-order valence-corrected chi connectivity index (χ2v) is 10.2. The Morgan fingerprint density at radius 2 is 1.93 bits per heavy atom. The third-order valence-electron chi connectivity index (χ3n) is 5.16. The molecular weight excluding hydrogens is 440 g/mol. The summed E-state index contributed by atoms with van der Waals surface area (Å²) in [6.45, 7) is 2.60. The fourth-order valence-corrected chi connectivity index (χ4v) is 5.40. The van der Waals surface area contributed by atoms with Crippen molar-refractivity contribution in [3.63, 3.8) is 0 Å². The van der Waals surface area contributed by atoms with Gasteiger partial charge in [-0.05, 0) is 55.2 Å². The number of hydrogen-bond donors (Lipinski definition) is 1. The normalized spacial score (nSPS) is 15.7. The van der Waals surface area contributed by atoms with Crippen molar-refractivity contribution >= 4 is 36.9 Å². The van der Waals surface area contributed by atoms with Crippen molar-refractivity contribution in [3.05, 3.63) is 64.3 Å². The molecule has 28 heavy (non-hydrogen) atoms. The lowest BCUT2D eigenvalue weighted by Gasteiger charge is -2.13. The molecule has 1 atom stereocenters. The minimum Gasteiger partial charge on any atom is -0.497 e. The Morgan fingerprint density at radius 3 is 2.57 bits per heavy atom. The predicted octanol–water partition coefficient (Wildman–Crippen LogP) is 4.60. The van der Waals surface area contributed by atoms with E-state index in [9.17, 15) is 8.42 Å². The van der Waals surface area contributed by atoms with E-state index in [1.54, 1.807) is 7.11 Å². The van der Waals surface area contributed by atoms with E-state index < -0.39 is 10.0 Å². The minimum atomic E-state index is -3.25. The standard InChI is InChI=1S/C21H23BrN2O3S/c1-14(23-28(25,26)18-8-9-18)20-13-24(21-11-16(22)5-10-19(20)21)12-15-3-6-17(27-2)7-4-15/h3-7,10-11,13-14,18,23H,8-9,12H2,1-2H3/t14-/m1/s1. The molecule has 1 aliphatic carbocycles. The van der Waals surface area contributed by atoms with E-state index in [-0.39, 0.29) is 11.3 Å². The van der Waals surface area contributed by atoms with Crippen molar-refractivity contribution < 1.29 is 13.2 Å². The molecule has 1 heterocycles. The summed E-state index contributed by atoms with van der Waals surface area (Å²) in [4.78, 5) is 0. The van der Waals surface area contributed by atoms with Gasteiger partial charge in [-0.1, -0.05) is 34.1 Å². The van der Waals surface area contributed by atoms with E-state index in [1.165, 1.54) is 0 Å². The molecule has 1 fully saturated rings. The summed E-state index contributed by atoms with van der Waals surface area (Å²) >= 11 is 3.55. The quantitative estimate of drug-likeness (QED) is 0.557. The molecule has 3 aromatic rings. The predicted molar refractivity (Wildman–Crippen MR) is 115 cm³/mol. The van der Waals surface area contributed by atoms with Crippen molar-refractivity contribution in [1.29, 1.82) is 0 Å². The topological polar surface area (TPSA) is 60.3 Å². The van der Waals surface area contributed by atoms with Gasteiger partial charge < -0.3 is 9.30 Å². The SMILES string of the molecule is COc1ccc(Cn2cc([C@@H](C)NS(=O)(=O)C3CC3)c3ccc(Br)cc32)cc1. The van der Waals surface area contributed by atoms with E-state index in [1.807, 2.05) is 43.3 Å². The van der Waals surface area contributed by atoms with Crippen LogP contribution in [0.5, 0.6) is 5.75 Å². The maximum atomic E-state index is 12.4. The first kappa shape index (κ1) is 19.5. The lowest BCUT2D eigenvalue weighted by molar-refractivity contribution is 0.414. The number of rotatable bonds is 7. The molecule has 0 unspecified atom stereocenters. The smallest absolute Gasteiger partial charge is 0.215 e. The molecule has 0 saturated heterocycles. The molecule has 0 radical (unpaired) electrons. The zero-order chi connectivity index (χ0) is 19.9. The Balaban J connectivity index is 1.69. The largest absolute Gasteiger partial charge is 0.497 e. The van der Waals surface area contributed by atoms with Crippen molar-refractivity contribution in [2.45, 2.75) is 37.6 Å². The minimum absolute atomic E-state index is 0.225. The van der Waals surface area contributed by atoms with E-state index in [0.29, 0.717) is 6.54 Å². The van der Waals surface area contributed by atoms with Crippen LogP contribution in [0.4, 0.5) is 0 Å². The molecule has 1 aromatic heterocycles. The summed E-state index contributed by atoms with van der Waals surface area (Å²) in [5, 5.41) is 0.833. The van der Waals surface area contributed by atoms with Crippen molar-refractivity contribution in [2.24, 2.45) is 0 Å². The number of aromatic nitrogens is 1. The molecule has 1 N–H and O–H groups in total. The number of methoxy groups -OCH3 is 1. The van der Waals surface area contributed by atoms with Gasteiger partial charge in [-0.2, -0.15) is 0 Å². The highest BCUT2D eigenvalue weighted by atomic mass is 79.9. The van der Waals surface area contributed by atoms with E-state index in [4.69, 9.17) is 4.74 Å². The van der Waals surface area contributed by atoms with Gasteiger partial charge in [0.25, 0.3) is 0 Å². The first-order chi connectivity index (χ1) is 13.4. The second kappa shape index (κ2) is 7.54. The second-order valence-electron chi connectivity index (χ2n) is 7.31. The van der Waals surface area contributed by atoms with Crippen LogP contribution in [0.2, 0.25) is 0 Å². The Kier molecular flexibility index (Phi) is 5.24. The maximum Gasteiger partial charge on any atom is 0.215 e. The molecule has 0 amide bonds. The number of hydrogen-bond acceptors (Lipinski definition) is 3. The lowest BCUT2D eigenvalue weighted by Crippen LogP contribution is -2.29. The third-order valence-corrected chi connectivity index (χ3v) is 7.68. The van der Waals surface area contributed by atoms with Crippen molar-refractivity contribution in [3.8, 4) is 5.75 Å². The zero-order valence-corrected chi connectivity index (χ0v) is 18.3. The molecule has 1 aliphatic rings. The number of fused-ring (bicyclic) bond motifs is 1. The van der Waals surface area contributed by atoms with Gasteiger partial charge in [0, 0.05) is 34.2 Å². The fraction of sp³-hybridized carbons (Fsp3) is 0.333. The average molecular weight is 463 g/mol. The van der Waals surface area contributed by atoms with E-state index >= 15 is 0 Å². The summed E-state index contributed by atoms with van der Waals surface area (Å²) in [5.74, 6) is 0.827. The highest BCUT2D eigenvalue weighted by molar-refractivity contribution is 9.10. The zero-order valence-electron chi connectivity index (χ0n) is 15.9. The third kappa shape index (κ3) is 3.97. The summed E-state index contributed by atoms with van der Waals surface area (Å²) in [6, 6.07) is 13.8. The van der Waals surface area contributed by atoms with Crippen LogP contribution in [0, 0.1) is 0 Å². The molecule has 0 aliphatic heterocycles. The molecule has 0 bridgehead atoms. The molecular formula is C21H23BrN2O3S. The number of sulfonamides is 1. The highest BCUT2D eigenvalue weighted by Gasteiger charge is 2.36. The molecule has 2 aromatic carbocycles. The Morgan fingerprint density at radius 1 is 1.21 bits per heavy atom. The Labute approximate surface area is 173 Å². The molecule has 5 nitrogen and oxygen atoms in total. The van der Waals surface area contributed by atoms with E-state index in [2.05, 4.69) is 37.5 Å². The van der Waals surface area contributed by atoms with Gasteiger partial charge in [-0.3, -0.25) is 0 Å². The van der Waals surface area contributed by atoms with Gasteiger partial charge >= 0.3 is 0 Å². The molecule has 0 spiro atoms. The van der Waals surface area contributed by atoms with Gasteiger partial charge in [0.2, 0.25) is 10.0 Å². The number of halogens is 1. The molecule has 7 heteroatoms. The van der Waals surface area contributed by atoms with Crippen LogP contribution in [-0.4, -0.2) is 25.3 Å². The first-order valence-corrected chi connectivity index (χ1v) is 11.6. The number of benzene rings is 2. The van der Waals surface area contributed by atoms with Crippen LogP contribution >= 0.6 is 15.9 Å². The highest BCUT2D eigenvalue weighted by Crippen LogP contribution is 2.33. The maximum absolute atomic E-state index is 12.4. The summed E-state index contributed by atoms with van der Waals surface area (Å²) < 4.78 is 36.0. The van der Waals surface area contributed by atoms with Crippen molar-refractivity contribution in [1.82, 2.24) is 9.29 Å². The Bertz CT molecular complexity index is 1100. The van der Waals surface area contributed by atoms with Crippen LogP contribution in [0.1, 0.15) is 36.9 Å². The van der Waals surface area contributed by atoms with Gasteiger partial charge in [0.1, 0.15) is 5.75 Å². The summed E-state index contributed by atoms with van der Waals surface area (Å²) in [6.07, 6.45) is 3.57. The van der Waals surface area contributed by atoms with Gasteiger partial charge in [-0.15, -0.1) is 0 Å². The first-order valence-electron chi connectivity index (χ1n) is 9.30. The molecule has 148 valence electrons. The average Bonchev–Trinajstić information content (AvgIpc) is 3.47. The lowest BCUT2D eigenvalue weighted by atomic mass is 10.1. The summed E-state index contributed by atoms with van der Waals surface area (Å²) in [5.41, 5.74) is 3.20. The van der Waals surface area contributed by atoms with Crippen LogP contribution in [0.3, 0.4) is 0 Å². The number of nitrogens with one attached hydrogen (secondary N) is 1. The molecule has 1 saturated carbocycles. The van der Waals surface area contributed by atoms with Crippen LogP contribution < -0.4 is 9.46 Å².